The third-order valence-electron chi connectivity index (χ3n) is 5.05. The molecule has 0 aromatic rings. The molecule has 1 atom stereocenters. The zero-order chi connectivity index (χ0) is 18.0. The Hall–Kier alpha value is -1.06. The largest absolute Gasteiger partial charge is 0.496 e. The second-order valence-electron chi connectivity index (χ2n) is 7.42. The number of alkyl halides is 3. The Kier molecular flexibility index (Phi) is 3.86. The minimum absolute atomic E-state index is 0.157. The van der Waals surface area contributed by atoms with Crippen LogP contribution in [0.25, 0.3) is 0 Å². The van der Waals surface area contributed by atoms with Gasteiger partial charge in [0, 0.05) is 5.47 Å². The molecule has 3 aliphatic rings. The van der Waals surface area contributed by atoms with Crippen molar-refractivity contribution in [3.63, 3.8) is 0 Å². The maximum atomic E-state index is 14.2. The van der Waals surface area contributed by atoms with E-state index in [0.29, 0.717) is 5.47 Å². The predicted molar refractivity (Wildman–Crippen MR) is 79.4 cm³/mol. The van der Waals surface area contributed by atoms with E-state index in [1.54, 1.807) is 0 Å². The summed E-state index contributed by atoms with van der Waals surface area (Å²) in [5.41, 5.74) is -3.07. The van der Waals surface area contributed by atoms with Gasteiger partial charge in [0.1, 0.15) is 5.83 Å². The summed E-state index contributed by atoms with van der Waals surface area (Å²) in [4.78, 5) is 0. The van der Waals surface area contributed by atoms with Crippen LogP contribution in [0.3, 0.4) is 0 Å². The number of nitrogens with one attached hydrogen (secondary N) is 1. The van der Waals surface area contributed by atoms with Crippen molar-refractivity contribution in [2.24, 2.45) is 0 Å². The van der Waals surface area contributed by atoms with Gasteiger partial charge in [0.15, 0.2) is 11.8 Å². The molecule has 0 spiro atoms. The molecule has 134 valence electrons. The average Bonchev–Trinajstić information content (AvgIpc) is 3.16. The molecule has 1 saturated heterocycles. The van der Waals surface area contributed by atoms with Crippen LogP contribution in [0.4, 0.5) is 17.6 Å². The minimum Gasteiger partial charge on any atom is -0.399 e. The molecule has 1 unspecified atom stereocenters. The first-order valence-electron chi connectivity index (χ1n) is 7.80. The lowest BCUT2D eigenvalue weighted by Crippen LogP contribution is -2.43. The van der Waals surface area contributed by atoms with Gasteiger partial charge in [0.05, 0.1) is 11.2 Å². The van der Waals surface area contributed by atoms with E-state index in [-0.39, 0.29) is 12.8 Å². The fraction of sp³-hybridized carbons (Fsp3) is 0.733. The van der Waals surface area contributed by atoms with Gasteiger partial charge in [-0.3, -0.25) is 0 Å². The minimum atomic E-state index is -4.51. The number of dihydropyridines is 1. The maximum Gasteiger partial charge on any atom is 0.496 e. The second-order valence-corrected chi connectivity index (χ2v) is 7.42. The first-order valence-corrected chi connectivity index (χ1v) is 7.80. The van der Waals surface area contributed by atoms with Gasteiger partial charge >= 0.3 is 13.3 Å². The molecular formula is C15H20BF4NO3. The van der Waals surface area contributed by atoms with Crippen LogP contribution >= 0.6 is 0 Å². The molecule has 0 aromatic heterocycles. The molecule has 0 radical (unpaired) electrons. The normalized spacial score (nSPS) is 30.5. The van der Waals surface area contributed by atoms with Crippen molar-refractivity contribution in [1.29, 1.82) is 0 Å². The Morgan fingerprint density at radius 1 is 1.17 bits per heavy atom. The summed E-state index contributed by atoms with van der Waals surface area (Å²) >= 11 is 0. The van der Waals surface area contributed by atoms with E-state index in [1.807, 2.05) is 27.7 Å². The van der Waals surface area contributed by atoms with Gasteiger partial charge in [0.2, 0.25) is 0 Å². The van der Waals surface area contributed by atoms with Crippen LogP contribution in [0.1, 0.15) is 40.5 Å². The van der Waals surface area contributed by atoms with Crippen molar-refractivity contribution < 1.29 is 31.6 Å². The van der Waals surface area contributed by atoms with E-state index in [4.69, 9.17) is 14.0 Å². The van der Waals surface area contributed by atoms with E-state index in [2.05, 4.69) is 5.32 Å². The number of allylic oxidation sites excluding steroid dienone is 2. The van der Waals surface area contributed by atoms with Crippen LogP contribution in [0.5, 0.6) is 0 Å². The van der Waals surface area contributed by atoms with Crippen LogP contribution in [0.2, 0.25) is 0 Å². The number of hydrogen-bond donors (Lipinski definition) is 1. The van der Waals surface area contributed by atoms with Gasteiger partial charge in [-0.1, -0.05) is 0 Å². The Bertz CT molecular complexity index is 580. The van der Waals surface area contributed by atoms with Gasteiger partial charge in [0.25, 0.3) is 0 Å². The molecule has 0 amide bonds. The summed E-state index contributed by atoms with van der Waals surface area (Å²) in [5, 5.41) is 2.53. The van der Waals surface area contributed by atoms with E-state index in [0.717, 1.165) is 6.08 Å². The van der Waals surface area contributed by atoms with Gasteiger partial charge in [-0.15, -0.1) is 0 Å². The van der Waals surface area contributed by atoms with Crippen LogP contribution in [-0.4, -0.2) is 36.3 Å². The first kappa shape index (κ1) is 17.8. The predicted octanol–water partition coefficient (Wildman–Crippen LogP) is 3.40. The number of hydrogen-bond acceptors (Lipinski definition) is 4. The van der Waals surface area contributed by atoms with E-state index < -0.39 is 42.2 Å². The highest BCUT2D eigenvalue weighted by Gasteiger charge is 2.66. The molecule has 3 rings (SSSR count). The van der Waals surface area contributed by atoms with Crippen molar-refractivity contribution >= 4 is 7.12 Å². The molecule has 1 aliphatic carbocycles. The van der Waals surface area contributed by atoms with E-state index in [1.165, 1.54) is 6.20 Å². The summed E-state index contributed by atoms with van der Waals surface area (Å²) in [6.07, 6.45) is -3.80. The molecule has 0 bridgehead atoms. The van der Waals surface area contributed by atoms with Crippen LogP contribution in [0.15, 0.2) is 23.6 Å². The summed E-state index contributed by atoms with van der Waals surface area (Å²) in [5.74, 6) is -0.835. The Morgan fingerprint density at radius 3 is 2.12 bits per heavy atom. The van der Waals surface area contributed by atoms with Crippen LogP contribution < -0.4 is 5.32 Å². The topological polar surface area (TPSA) is 39.7 Å². The fourth-order valence-electron chi connectivity index (χ4n) is 2.54. The van der Waals surface area contributed by atoms with Gasteiger partial charge < -0.3 is 19.4 Å². The average molecular weight is 349 g/mol. The zero-order valence-corrected chi connectivity index (χ0v) is 14.0. The maximum absolute atomic E-state index is 14.2. The summed E-state index contributed by atoms with van der Waals surface area (Å²) < 4.78 is 69.5. The molecule has 24 heavy (non-hydrogen) atoms. The second kappa shape index (κ2) is 5.22. The Balaban J connectivity index is 1.69. The molecule has 2 aliphatic heterocycles. The zero-order valence-electron chi connectivity index (χ0n) is 14.0. The quantitative estimate of drug-likeness (QED) is 0.626. The third-order valence-corrected chi connectivity index (χ3v) is 5.05. The van der Waals surface area contributed by atoms with Crippen molar-refractivity contribution in [3.8, 4) is 0 Å². The van der Waals surface area contributed by atoms with E-state index >= 15 is 0 Å². The summed E-state index contributed by atoms with van der Waals surface area (Å²) in [6, 6.07) is 0. The lowest BCUT2D eigenvalue weighted by atomic mass is 9.77. The van der Waals surface area contributed by atoms with Gasteiger partial charge in [-0.25, -0.2) is 4.39 Å². The lowest BCUT2D eigenvalue weighted by molar-refractivity contribution is -0.248. The fourth-order valence-corrected chi connectivity index (χ4v) is 2.54. The number of rotatable bonds is 3. The highest BCUT2D eigenvalue weighted by atomic mass is 19.4. The van der Waals surface area contributed by atoms with Crippen molar-refractivity contribution in [3.05, 3.63) is 23.6 Å². The molecule has 4 nitrogen and oxygen atoms in total. The molecule has 2 heterocycles. The monoisotopic (exact) mass is 349 g/mol. The Morgan fingerprint density at radius 2 is 1.71 bits per heavy atom. The summed E-state index contributed by atoms with van der Waals surface area (Å²) in [6.45, 7) is 7.43. The molecule has 2 fully saturated rings. The first-order chi connectivity index (χ1) is 10.9. The SMILES string of the molecule is CC1(C)OB(C2=CNC(OC3(C(F)(F)F)CC3)C(F)=C2)OC1(C)C. The van der Waals surface area contributed by atoms with Gasteiger partial charge in [-0.05, 0) is 52.8 Å². The Labute approximate surface area is 138 Å². The smallest absolute Gasteiger partial charge is 0.399 e. The highest BCUT2D eigenvalue weighted by Crippen LogP contribution is 2.53. The lowest BCUT2D eigenvalue weighted by Gasteiger charge is -2.32. The van der Waals surface area contributed by atoms with Crippen LogP contribution in [0, 0.1) is 0 Å². The number of halogens is 4. The summed E-state index contributed by atoms with van der Waals surface area (Å²) in [7, 11) is -0.799. The van der Waals surface area contributed by atoms with E-state index in [9.17, 15) is 17.6 Å². The van der Waals surface area contributed by atoms with Gasteiger partial charge in [-0.2, -0.15) is 13.2 Å². The molecule has 9 heteroatoms. The number of ether oxygens (including phenoxy) is 1. The van der Waals surface area contributed by atoms with Crippen molar-refractivity contribution in [2.75, 3.05) is 0 Å². The van der Waals surface area contributed by atoms with Crippen molar-refractivity contribution in [1.82, 2.24) is 5.32 Å². The standard InChI is InChI=1S/C15H20BF4NO3/c1-12(2)13(3,4)24-16(23-12)9-7-10(17)11(21-8-9)22-14(5-6-14)15(18,19)20/h7-8,11,21H,5-6H2,1-4H3. The third kappa shape index (κ3) is 2.86. The molecular weight excluding hydrogens is 329 g/mol. The molecule has 1 N–H and O–H groups in total. The molecule has 1 saturated carbocycles. The van der Waals surface area contributed by atoms with Crippen LogP contribution in [-0.2, 0) is 14.0 Å². The van der Waals surface area contributed by atoms with Crippen molar-refractivity contribution in [2.45, 2.75) is 69.7 Å². The highest BCUT2D eigenvalue weighted by molar-refractivity contribution is 6.55. The molecule has 0 aromatic carbocycles.